The third-order valence-corrected chi connectivity index (χ3v) is 1.09. The Kier molecular flexibility index (Phi) is 7.56. The number of hydrogen-bond acceptors (Lipinski definition) is 2. The fraction of sp³-hybridized carbons (Fsp3) is 0.625. The molecule has 0 aromatic rings. The molecule has 0 bridgehead atoms. The smallest absolute Gasteiger partial charge is 0.293 e. The van der Waals surface area contributed by atoms with Gasteiger partial charge in [-0.25, -0.2) is 0 Å². The molecule has 2 heteroatoms. The second-order valence-electron chi connectivity index (χ2n) is 2.02. The van der Waals surface area contributed by atoms with Crippen molar-refractivity contribution in [2.24, 2.45) is 0 Å². The number of ether oxygens (including phenoxy) is 1. The van der Waals surface area contributed by atoms with Gasteiger partial charge in [-0.05, 0) is 12.8 Å². The number of unbranched alkanes of at least 4 members (excludes halogenated alkanes) is 1. The average molecular weight is 142 g/mol. The molecule has 0 heterocycles. The van der Waals surface area contributed by atoms with Crippen LogP contribution in [0.5, 0.6) is 0 Å². The summed E-state index contributed by atoms with van der Waals surface area (Å²) < 4.78 is 4.48. The molecule has 10 heavy (non-hydrogen) atoms. The molecule has 0 aliphatic carbocycles. The summed E-state index contributed by atoms with van der Waals surface area (Å²) in [5.41, 5.74) is 0. The molecule has 0 aromatic heterocycles. The van der Waals surface area contributed by atoms with Crippen LogP contribution in [-0.2, 0) is 9.53 Å². The Balaban J connectivity index is 2.94. The molecule has 0 spiro atoms. The third-order valence-electron chi connectivity index (χ3n) is 1.09. The van der Waals surface area contributed by atoms with E-state index in [-0.39, 0.29) is 0 Å². The second-order valence-corrected chi connectivity index (χ2v) is 2.02. The summed E-state index contributed by atoms with van der Waals surface area (Å²) in [5, 5.41) is 0. The van der Waals surface area contributed by atoms with Gasteiger partial charge in [-0.15, -0.1) is 0 Å². The number of hydrogen-bond donors (Lipinski definition) is 0. The lowest BCUT2D eigenvalue weighted by atomic mass is 10.3. The van der Waals surface area contributed by atoms with Crippen molar-refractivity contribution in [1.29, 1.82) is 0 Å². The Bertz CT molecular complexity index is 97.4. The third kappa shape index (κ3) is 7.21. The number of allylic oxidation sites excluding steroid dienone is 1. The standard InChI is InChI=1S/C8H14O2/c1-2-3-4-5-6-7-10-8-9/h4-5,8H,2-3,6-7H2,1H3. The molecule has 0 atom stereocenters. The van der Waals surface area contributed by atoms with E-state index >= 15 is 0 Å². The van der Waals surface area contributed by atoms with Crippen LogP contribution in [0.2, 0.25) is 0 Å². The van der Waals surface area contributed by atoms with Gasteiger partial charge in [0.1, 0.15) is 0 Å². The molecule has 2 nitrogen and oxygen atoms in total. The normalized spacial score (nSPS) is 10.1. The Morgan fingerprint density at radius 2 is 2.00 bits per heavy atom. The molecule has 0 unspecified atom stereocenters. The Hall–Kier alpha value is -0.790. The number of carbonyl (C=O) groups is 1. The highest BCUT2D eigenvalue weighted by atomic mass is 16.5. The first-order valence-electron chi connectivity index (χ1n) is 3.62. The van der Waals surface area contributed by atoms with E-state index in [9.17, 15) is 4.79 Å². The predicted octanol–water partition coefficient (Wildman–Crippen LogP) is 1.91. The van der Waals surface area contributed by atoms with Gasteiger partial charge in [0.15, 0.2) is 0 Å². The first-order valence-corrected chi connectivity index (χ1v) is 3.62. The maximum Gasteiger partial charge on any atom is 0.293 e. The zero-order valence-corrected chi connectivity index (χ0v) is 6.38. The molecule has 0 aliphatic rings. The zero-order chi connectivity index (χ0) is 7.66. The van der Waals surface area contributed by atoms with Crippen LogP contribution in [0.15, 0.2) is 12.2 Å². The summed E-state index contributed by atoms with van der Waals surface area (Å²) in [5.74, 6) is 0. The minimum atomic E-state index is 0.480. The van der Waals surface area contributed by atoms with Crippen LogP contribution in [0.4, 0.5) is 0 Å². The molecular weight excluding hydrogens is 128 g/mol. The second kappa shape index (κ2) is 8.21. The molecule has 0 aliphatic heterocycles. The lowest BCUT2D eigenvalue weighted by Crippen LogP contribution is -1.87. The maximum atomic E-state index is 9.65. The maximum absolute atomic E-state index is 9.65. The lowest BCUT2D eigenvalue weighted by molar-refractivity contribution is -0.128. The van der Waals surface area contributed by atoms with Crippen LogP contribution in [-0.4, -0.2) is 13.1 Å². The largest absolute Gasteiger partial charge is 0.468 e. The van der Waals surface area contributed by atoms with Crippen molar-refractivity contribution < 1.29 is 9.53 Å². The fourth-order valence-electron chi connectivity index (χ4n) is 0.587. The van der Waals surface area contributed by atoms with Crippen LogP contribution < -0.4 is 0 Å². The molecular formula is C8H14O2. The molecule has 0 fully saturated rings. The van der Waals surface area contributed by atoms with Gasteiger partial charge < -0.3 is 4.74 Å². The van der Waals surface area contributed by atoms with Crippen molar-refractivity contribution >= 4 is 6.47 Å². The Morgan fingerprint density at radius 1 is 1.30 bits per heavy atom. The van der Waals surface area contributed by atoms with Gasteiger partial charge in [0.2, 0.25) is 0 Å². The van der Waals surface area contributed by atoms with Crippen molar-refractivity contribution in [2.45, 2.75) is 26.2 Å². The Labute approximate surface area is 61.9 Å². The molecule has 0 saturated heterocycles. The van der Waals surface area contributed by atoms with Crippen LogP contribution in [0.1, 0.15) is 26.2 Å². The summed E-state index contributed by atoms with van der Waals surface area (Å²) in [6, 6.07) is 0. The zero-order valence-electron chi connectivity index (χ0n) is 6.38. The lowest BCUT2D eigenvalue weighted by Gasteiger charge is -1.90. The van der Waals surface area contributed by atoms with Gasteiger partial charge in [0, 0.05) is 0 Å². The molecule has 0 aromatic carbocycles. The van der Waals surface area contributed by atoms with E-state index in [1.165, 1.54) is 6.42 Å². The van der Waals surface area contributed by atoms with Crippen molar-refractivity contribution in [2.75, 3.05) is 6.61 Å². The van der Waals surface area contributed by atoms with Crippen LogP contribution >= 0.6 is 0 Å². The first-order chi connectivity index (χ1) is 4.91. The molecule has 0 N–H and O–H groups in total. The fourth-order valence-corrected chi connectivity index (χ4v) is 0.587. The van der Waals surface area contributed by atoms with Crippen LogP contribution in [0, 0.1) is 0 Å². The van der Waals surface area contributed by atoms with E-state index in [2.05, 4.69) is 17.7 Å². The number of carbonyl (C=O) groups excluding carboxylic acids is 1. The molecule has 0 rings (SSSR count). The summed E-state index contributed by atoms with van der Waals surface area (Å²) in [7, 11) is 0. The SMILES string of the molecule is CCCC=CCCOC=O. The monoisotopic (exact) mass is 142 g/mol. The quantitative estimate of drug-likeness (QED) is 0.321. The highest BCUT2D eigenvalue weighted by Crippen LogP contribution is 1.90. The van der Waals surface area contributed by atoms with Crippen LogP contribution in [0.25, 0.3) is 0 Å². The number of rotatable bonds is 6. The van der Waals surface area contributed by atoms with Gasteiger partial charge in [-0.2, -0.15) is 0 Å². The van der Waals surface area contributed by atoms with E-state index in [0.29, 0.717) is 13.1 Å². The molecule has 58 valence electrons. The average Bonchev–Trinajstić information content (AvgIpc) is 1.97. The van der Waals surface area contributed by atoms with E-state index in [1.54, 1.807) is 0 Å². The Morgan fingerprint density at radius 3 is 2.60 bits per heavy atom. The van der Waals surface area contributed by atoms with Crippen molar-refractivity contribution in [3.63, 3.8) is 0 Å². The van der Waals surface area contributed by atoms with Gasteiger partial charge in [0.25, 0.3) is 6.47 Å². The van der Waals surface area contributed by atoms with Crippen molar-refractivity contribution in [1.82, 2.24) is 0 Å². The summed E-state index contributed by atoms with van der Waals surface area (Å²) in [6.45, 7) is 3.11. The van der Waals surface area contributed by atoms with E-state index in [4.69, 9.17) is 0 Å². The summed E-state index contributed by atoms with van der Waals surface area (Å²) >= 11 is 0. The highest BCUT2D eigenvalue weighted by molar-refractivity contribution is 5.36. The van der Waals surface area contributed by atoms with Gasteiger partial charge in [-0.1, -0.05) is 25.5 Å². The molecule has 0 amide bonds. The minimum Gasteiger partial charge on any atom is -0.468 e. The minimum absolute atomic E-state index is 0.480. The van der Waals surface area contributed by atoms with Gasteiger partial charge in [0.05, 0.1) is 6.61 Å². The van der Waals surface area contributed by atoms with E-state index in [1.807, 2.05) is 6.08 Å². The van der Waals surface area contributed by atoms with Gasteiger partial charge >= 0.3 is 0 Å². The molecule has 0 saturated carbocycles. The van der Waals surface area contributed by atoms with Crippen molar-refractivity contribution in [3.8, 4) is 0 Å². The predicted molar refractivity (Wildman–Crippen MR) is 40.7 cm³/mol. The topological polar surface area (TPSA) is 26.3 Å². The van der Waals surface area contributed by atoms with Crippen molar-refractivity contribution in [3.05, 3.63) is 12.2 Å². The summed E-state index contributed by atoms with van der Waals surface area (Å²) in [6.07, 6.45) is 7.26. The van der Waals surface area contributed by atoms with E-state index in [0.717, 1.165) is 12.8 Å². The molecule has 0 radical (unpaired) electrons. The first kappa shape index (κ1) is 9.21. The summed E-state index contributed by atoms with van der Waals surface area (Å²) in [4.78, 5) is 9.65. The van der Waals surface area contributed by atoms with Crippen LogP contribution in [0.3, 0.4) is 0 Å². The van der Waals surface area contributed by atoms with Gasteiger partial charge in [-0.3, -0.25) is 4.79 Å². The highest BCUT2D eigenvalue weighted by Gasteiger charge is 1.78. The van der Waals surface area contributed by atoms with E-state index < -0.39 is 0 Å².